The molecule has 0 saturated carbocycles. The van der Waals surface area contributed by atoms with Crippen LogP contribution in [0.25, 0.3) is 6.08 Å². The van der Waals surface area contributed by atoms with Crippen LogP contribution in [0.2, 0.25) is 0 Å². The number of amides is 1. The number of nitrogens with zero attached hydrogens (tertiary/aromatic N) is 2. The van der Waals surface area contributed by atoms with Gasteiger partial charge in [0.1, 0.15) is 12.4 Å². The minimum absolute atomic E-state index is 0.0785. The van der Waals surface area contributed by atoms with Crippen molar-refractivity contribution in [3.05, 3.63) is 105 Å². The van der Waals surface area contributed by atoms with Crippen LogP contribution in [-0.2, 0) is 17.6 Å². The van der Waals surface area contributed by atoms with Gasteiger partial charge in [0, 0.05) is 0 Å². The van der Waals surface area contributed by atoms with Crippen LogP contribution < -0.4 is 9.64 Å². The first-order valence-corrected chi connectivity index (χ1v) is 13.5. The number of anilines is 1. The number of halogens is 1. The molecular weight excluding hydrogens is 567 g/mol. The SMILES string of the molecule is C=CCOc1ccc(/C=C2\SC(=Nc3ccc(CC)cc3)N(c3ccc(CC)cc3)C2=O)cc1I. The van der Waals surface area contributed by atoms with Gasteiger partial charge in [-0.05, 0) is 106 Å². The molecule has 1 fully saturated rings. The maximum Gasteiger partial charge on any atom is 0.271 e. The topological polar surface area (TPSA) is 41.9 Å². The van der Waals surface area contributed by atoms with E-state index >= 15 is 0 Å². The summed E-state index contributed by atoms with van der Waals surface area (Å²) in [6.45, 7) is 8.40. The molecule has 1 aliphatic rings. The Bertz CT molecular complexity index is 1280. The molecule has 1 heterocycles. The Labute approximate surface area is 224 Å². The number of benzene rings is 3. The van der Waals surface area contributed by atoms with Crippen LogP contribution in [0.15, 0.2) is 89.3 Å². The number of carbonyl (C=O) groups is 1. The lowest BCUT2D eigenvalue weighted by Crippen LogP contribution is -2.28. The van der Waals surface area contributed by atoms with E-state index in [0.717, 1.165) is 39.1 Å². The molecule has 1 aliphatic heterocycles. The van der Waals surface area contributed by atoms with Crippen molar-refractivity contribution in [2.75, 3.05) is 11.5 Å². The number of hydrogen-bond acceptors (Lipinski definition) is 4. The van der Waals surface area contributed by atoms with Crippen molar-refractivity contribution in [3.63, 3.8) is 0 Å². The minimum atomic E-state index is -0.0785. The standard InChI is InChI=1S/C29H27IN2O2S/c1-4-17-34-26-16-11-22(18-25(26)30)19-27-28(33)32(24-14-9-21(6-3)10-15-24)29(35-27)31-23-12-7-20(5-2)8-13-23/h4,7-16,18-19H,1,5-6,17H2,2-3H3/b27-19-,31-29?. The molecule has 0 N–H and O–H groups in total. The van der Waals surface area contributed by atoms with Gasteiger partial charge in [-0.3, -0.25) is 9.69 Å². The predicted molar refractivity (Wildman–Crippen MR) is 157 cm³/mol. The lowest BCUT2D eigenvalue weighted by atomic mass is 10.1. The number of hydrogen-bond donors (Lipinski definition) is 0. The molecule has 178 valence electrons. The molecule has 0 aliphatic carbocycles. The van der Waals surface area contributed by atoms with E-state index in [1.165, 1.54) is 22.9 Å². The lowest BCUT2D eigenvalue weighted by Gasteiger charge is -2.16. The highest BCUT2D eigenvalue weighted by molar-refractivity contribution is 14.1. The molecule has 3 aromatic rings. The molecule has 1 amide bonds. The molecule has 1 saturated heterocycles. The molecule has 3 aromatic carbocycles. The van der Waals surface area contributed by atoms with E-state index in [2.05, 4.69) is 67.3 Å². The lowest BCUT2D eigenvalue weighted by molar-refractivity contribution is -0.113. The molecule has 4 nitrogen and oxygen atoms in total. The Balaban J connectivity index is 1.70. The number of carbonyl (C=O) groups excluding carboxylic acids is 1. The van der Waals surface area contributed by atoms with Crippen molar-refractivity contribution < 1.29 is 9.53 Å². The van der Waals surface area contributed by atoms with Gasteiger partial charge in [0.05, 0.1) is 19.9 Å². The first-order valence-electron chi connectivity index (χ1n) is 11.6. The van der Waals surface area contributed by atoms with E-state index in [1.807, 2.05) is 48.5 Å². The van der Waals surface area contributed by atoms with Crippen LogP contribution in [-0.4, -0.2) is 17.7 Å². The summed E-state index contributed by atoms with van der Waals surface area (Å²) < 4.78 is 6.66. The van der Waals surface area contributed by atoms with E-state index in [1.54, 1.807) is 11.0 Å². The quantitative estimate of drug-likeness (QED) is 0.152. The van der Waals surface area contributed by atoms with Gasteiger partial charge in [0.2, 0.25) is 0 Å². The van der Waals surface area contributed by atoms with E-state index in [0.29, 0.717) is 16.7 Å². The zero-order valence-electron chi connectivity index (χ0n) is 19.8. The average molecular weight is 595 g/mol. The van der Waals surface area contributed by atoms with Crippen molar-refractivity contribution >= 4 is 62.9 Å². The molecule has 0 unspecified atom stereocenters. The number of rotatable bonds is 8. The maximum atomic E-state index is 13.6. The molecule has 6 heteroatoms. The molecule has 0 radical (unpaired) electrons. The summed E-state index contributed by atoms with van der Waals surface area (Å²) in [6.07, 6.45) is 5.56. The Morgan fingerprint density at radius 2 is 1.66 bits per heavy atom. The third kappa shape index (κ3) is 6.05. The number of aliphatic imine (C=N–C) groups is 1. The van der Waals surface area contributed by atoms with E-state index < -0.39 is 0 Å². The fourth-order valence-corrected chi connectivity index (χ4v) is 5.29. The van der Waals surface area contributed by atoms with Crippen molar-refractivity contribution in [2.24, 2.45) is 4.99 Å². The van der Waals surface area contributed by atoms with Crippen LogP contribution in [0.1, 0.15) is 30.5 Å². The van der Waals surface area contributed by atoms with Gasteiger partial charge in [-0.1, -0.05) is 56.8 Å². The molecule has 35 heavy (non-hydrogen) atoms. The van der Waals surface area contributed by atoms with Gasteiger partial charge >= 0.3 is 0 Å². The molecule has 4 rings (SSSR count). The Morgan fingerprint density at radius 3 is 2.26 bits per heavy atom. The first-order chi connectivity index (χ1) is 17.0. The molecule has 0 bridgehead atoms. The van der Waals surface area contributed by atoms with Gasteiger partial charge in [0.15, 0.2) is 5.17 Å². The van der Waals surface area contributed by atoms with E-state index in [9.17, 15) is 4.79 Å². The number of amidine groups is 1. The summed E-state index contributed by atoms with van der Waals surface area (Å²) in [5.74, 6) is 0.721. The summed E-state index contributed by atoms with van der Waals surface area (Å²) in [4.78, 5) is 20.8. The molecule has 0 spiro atoms. The zero-order chi connectivity index (χ0) is 24.8. The second-order valence-corrected chi connectivity index (χ2v) is 10.1. The van der Waals surface area contributed by atoms with Crippen LogP contribution >= 0.6 is 34.4 Å². The monoisotopic (exact) mass is 594 g/mol. The molecular formula is C29H27IN2O2S. The second kappa shape index (κ2) is 11.7. The van der Waals surface area contributed by atoms with Crippen LogP contribution in [0.3, 0.4) is 0 Å². The summed E-state index contributed by atoms with van der Waals surface area (Å²) >= 11 is 3.64. The van der Waals surface area contributed by atoms with Crippen LogP contribution in [0, 0.1) is 3.57 Å². The van der Waals surface area contributed by atoms with E-state index in [4.69, 9.17) is 9.73 Å². The van der Waals surface area contributed by atoms with Gasteiger partial charge < -0.3 is 4.74 Å². The van der Waals surface area contributed by atoms with E-state index in [-0.39, 0.29) is 5.91 Å². The fraction of sp³-hybridized carbons (Fsp3) is 0.172. The maximum absolute atomic E-state index is 13.6. The average Bonchev–Trinajstić information content (AvgIpc) is 3.18. The van der Waals surface area contributed by atoms with Crippen molar-refractivity contribution in [1.29, 1.82) is 0 Å². The third-order valence-corrected chi connectivity index (χ3v) is 7.40. The highest BCUT2D eigenvalue weighted by atomic mass is 127. The molecule has 0 aromatic heterocycles. The summed E-state index contributed by atoms with van der Waals surface area (Å²) in [5.41, 5.74) is 5.06. The Kier molecular flexibility index (Phi) is 8.46. The van der Waals surface area contributed by atoms with Crippen molar-refractivity contribution in [3.8, 4) is 5.75 Å². The summed E-state index contributed by atoms with van der Waals surface area (Å²) in [5, 5.41) is 0.649. The van der Waals surface area contributed by atoms with Gasteiger partial charge in [-0.2, -0.15) is 0 Å². The Morgan fingerprint density at radius 1 is 1.00 bits per heavy atom. The summed E-state index contributed by atoms with van der Waals surface area (Å²) in [7, 11) is 0. The normalized spacial score (nSPS) is 15.7. The minimum Gasteiger partial charge on any atom is -0.488 e. The van der Waals surface area contributed by atoms with Gasteiger partial charge in [0.25, 0.3) is 5.91 Å². The van der Waals surface area contributed by atoms with Crippen LogP contribution in [0.5, 0.6) is 5.75 Å². The van der Waals surface area contributed by atoms with Crippen molar-refractivity contribution in [1.82, 2.24) is 0 Å². The number of ether oxygens (including phenoxy) is 1. The first kappa shape index (κ1) is 25.3. The Hall–Kier alpha value is -2.84. The summed E-state index contributed by atoms with van der Waals surface area (Å²) in [6, 6.07) is 22.2. The largest absolute Gasteiger partial charge is 0.488 e. The second-order valence-electron chi connectivity index (χ2n) is 7.98. The number of thioether (sulfide) groups is 1. The van der Waals surface area contributed by atoms with Crippen molar-refractivity contribution in [2.45, 2.75) is 26.7 Å². The van der Waals surface area contributed by atoms with Gasteiger partial charge in [-0.15, -0.1) is 0 Å². The zero-order valence-corrected chi connectivity index (χ0v) is 22.8. The fourth-order valence-electron chi connectivity index (χ4n) is 3.60. The van der Waals surface area contributed by atoms with Gasteiger partial charge in [-0.25, -0.2) is 4.99 Å². The van der Waals surface area contributed by atoms with Crippen LogP contribution in [0.4, 0.5) is 11.4 Å². The molecule has 0 atom stereocenters. The predicted octanol–water partition coefficient (Wildman–Crippen LogP) is 7.79. The highest BCUT2D eigenvalue weighted by Crippen LogP contribution is 2.38. The third-order valence-electron chi connectivity index (χ3n) is 5.59. The number of aryl methyl sites for hydroxylation is 2. The highest BCUT2D eigenvalue weighted by Gasteiger charge is 2.34. The smallest absolute Gasteiger partial charge is 0.271 e.